The minimum atomic E-state index is -0.954. The summed E-state index contributed by atoms with van der Waals surface area (Å²) in [7, 11) is 2.90. The highest BCUT2D eigenvalue weighted by Gasteiger charge is 2.36. The minimum absolute atomic E-state index is 0.0428. The van der Waals surface area contributed by atoms with Crippen LogP contribution in [0.4, 0.5) is 15.4 Å². The molecule has 0 saturated carbocycles. The molecule has 0 atom stereocenters. The second kappa shape index (κ2) is 9.49. The number of aromatic nitrogens is 2. The van der Waals surface area contributed by atoms with Crippen molar-refractivity contribution in [3.05, 3.63) is 17.0 Å². The smallest absolute Gasteiger partial charge is 0.425 e. The van der Waals surface area contributed by atoms with Crippen LogP contribution in [0.1, 0.15) is 47.1 Å². The average Bonchev–Trinajstić information content (AvgIpc) is 2.51. The van der Waals surface area contributed by atoms with Crippen LogP contribution >= 0.6 is 11.6 Å². The number of anilines is 1. The van der Waals surface area contributed by atoms with Crippen molar-refractivity contribution in [2.24, 2.45) is 0 Å². The molecule has 9 nitrogen and oxygen atoms in total. The molecule has 28 heavy (non-hydrogen) atoms. The lowest BCUT2D eigenvalue weighted by atomic mass is 10.2. The molecule has 1 rings (SSSR count). The zero-order valence-electron chi connectivity index (χ0n) is 17.5. The zero-order valence-corrected chi connectivity index (χ0v) is 18.3. The van der Waals surface area contributed by atoms with Crippen LogP contribution in [0.2, 0.25) is 5.15 Å². The lowest BCUT2D eigenvalue weighted by Gasteiger charge is -2.29. The number of hydrogen-bond donors (Lipinski definition) is 0. The standard InChI is InChI=1S/C18H28ClN3O6/c1-17(2,3)27-15(23)22(16(24)28-18(4,5)6)14-11(9-12(25-7)26-8)13(19)20-10-21-14/h10,12H,9H2,1-8H3. The molecule has 1 heterocycles. The summed E-state index contributed by atoms with van der Waals surface area (Å²) in [6.45, 7) is 10.1. The molecule has 0 aromatic carbocycles. The van der Waals surface area contributed by atoms with Gasteiger partial charge in [-0.05, 0) is 41.5 Å². The third kappa shape index (κ3) is 7.21. The first-order chi connectivity index (χ1) is 12.8. The number of nitrogens with zero attached hydrogens (tertiary/aromatic N) is 3. The Morgan fingerprint density at radius 3 is 1.86 bits per heavy atom. The Bertz CT molecular complexity index is 668. The van der Waals surface area contributed by atoms with E-state index >= 15 is 0 Å². The van der Waals surface area contributed by atoms with Crippen LogP contribution in [0.15, 0.2) is 6.33 Å². The molecule has 2 amide bonds. The summed E-state index contributed by atoms with van der Waals surface area (Å²) in [5, 5.41) is 0.0428. The molecule has 0 bridgehead atoms. The number of hydrogen-bond acceptors (Lipinski definition) is 8. The van der Waals surface area contributed by atoms with E-state index in [1.165, 1.54) is 14.2 Å². The first-order valence-corrected chi connectivity index (χ1v) is 8.98. The highest BCUT2D eigenvalue weighted by Crippen LogP contribution is 2.28. The second-order valence-corrected chi connectivity index (χ2v) is 8.23. The zero-order chi connectivity index (χ0) is 21.7. The highest BCUT2D eigenvalue weighted by molar-refractivity contribution is 6.30. The average molecular weight is 418 g/mol. The minimum Gasteiger partial charge on any atom is -0.443 e. The summed E-state index contributed by atoms with van der Waals surface area (Å²) < 4.78 is 21.1. The van der Waals surface area contributed by atoms with E-state index in [0.29, 0.717) is 4.90 Å². The highest BCUT2D eigenvalue weighted by atomic mass is 35.5. The van der Waals surface area contributed by atoms with Gasteiger partial charge in [0, 0.05) is 26.2 Å². The summed E-state index contributed by atoms with van der Waals surface area (Å²) >= 11 is 6.21. The van der Waals surface area contributed by atoms with Gasteiger partial charge in [-0.25, -0.2) is 19.6 Å². The molecular formula is C18H28ClN3O6. The lowest BCUT2D eigenvalue weighted by Crippen LogP contribution is -2.44. The van der Waals surface area contributed by atoms with Crippen molar-refractivity contribution in [3.8, 4) is 0 Å². The molecule has 0 unspecified atom stereocenters. The van der Waals surface area contributed by atoms with Gasteiger partial charge in [-0.3, -0.25) is 0 Å². The van der Waals surface area contributed by atoms with E-state index in [9.17, 15) is 9.59 Å². The summed E-state index contributed by atoms with van der Waals surface area (Å²) in [5.74, 6) is -0.0670. The fraction of sp³-hybridized carbons (Fsp3) is 0.667. The molecule has 0 aliphatic carbocycles. The topological polar surface area (TPSA) is 100 Å². The van der Waals surface area contributed by atoms with Crippen LogP contribution in [0.25, 0.3) is 0 Å². The maximum Gasteiger partial charge on any atom is 0.425 e. The first-order valence-electron chi connectivity index (χ1n) is 8.60. The van der Waals surface area contributed by atoms with Crippen LogP contribution in [0, 0.1) is 0 Å². The predicted octanol–water partition coefficient (Wildman–Crippen LogP) is 3.97. The summed E-state index contributed by atoms with van der Waals surface area (Å²) in [4.78, 5) is 34.3. The van der Waals surface area contributed by atoms with Crippen LogP contribution < -0.4 is 4.90 Å². The van der Waals surface area contributed by atoms with Crippen molar-refractivity contribution >= 4 is 29.6 Å². The predicted molar refractivity (Wildman–Crippen MR) is 103 cm³/mol. The molecule has 0 N–H and O–H groups in total. The molecule has 1 aromatic rings. The van der Waals surface area contributed by atoms with Gasteiger partial charge >= 0.3 is 12.2 Å². The molecule has 0 radical (unpaired) electrons. The van der Waals surface area contributed by atoms with Crippen molar-refractivity contribution in [3.63, 3.8) is 0 Å². The van der Waals surface area contributed by atoms with E-state index in [4.69, 9.17) is 30.5 Å². The van der Waals surface area contributed by atoms with E-state index < -0.39 is 29.7 Å². The largest absolute Gasteiger partial charge is 0.443 e. The molecule has 158 valence electrons. The fourth-order valence-corrected chi connectivity index (χ4v) is 2.25. The maximum absolute atomic E-state index is 12.8. The summed E-state index contributed by atoms with van der Waals surface area (Å²) in [5.41, 5.74) is -1.43. The Labute approximate surface area is 170 Å². The van der Waals surface area contributed by atoms with E-state index in [0.717, 1.165) is 6.33 Å². The second-order valence-electron chi connectivity index (χ2n) is 7.87. The SMILES string of the molecule is COC(Cc1c(Cl)ncnc1N(C(=O)OC(C)(C)C)C(=O)OC(C)(C)C)OC. The number of carbonyl (C=O) groups is 2. The van der Waals surface area contributed by atoms with Crippen molar-refractivity contribution in [1.82, 2.24) is 9.97 Å². The number of methoxy groups -OCH3 is 2. The third-order valence-corrected chi connectivity index (χ3v) is 3.46. The number of halogens is 1. The van der Waals surface area contributed by atoms with Crippen LogP contribution in [-0.4, -0.2) is 53.9 Å². The molecule has 0 aliphatic heterocycles. The van der Waals surface area contributed by atoms with Crippen LogP contribution in [0.5, 0.6) is 0 Å². The molecule has 0 spiro atoms. The number of carbonyl (C=O) groups excluding carboxylic acids is 2. The van der Waals surface area contributed by atoms with E-state index in [2.05, 4.69) is 9.97 Å². The van der Waals surface area contributed by atoms with Gasteiger partial charge in [0.25, 0.3) is 0 Å². The van der Waals surface area contributed by atoms with Crippen molar-refractivity contribution in [2.45, 2.75) is 65.5 Å². The Morgan fingerprint density at radius 1 is 1.00 bits per heavy atom. The Hall–Kier alpha value is -1.97. The van der Waals surface area contributed by atoms with Gasteiger partial charge in [-0.1, -0.05) is 11.6 Å². The molecule has 0 aliphatic rings. The van der Waals surface area contributed by atoms with Gasteiger partial charge in [0.05, 0.1) is 0 Å². The van der Waals surface area contributed by atoms with Gasteiger partial charge in [-0.15, -0.1) is 0 Å². The van der Waals surface area contributed by atoms with E-state index in [1.54, 1.807) is 41.5 Å². The van der Waals surface area contributed by atoms with Gasteiger partial charge in [0.15, 0.2) is 12.1 Å². The van der Waals surface area contributed by atoms with Crippen LogP contribution in [0.3, 0.4) is 0 Å². The normalized spacial score (nSPS) is 12.1. The monoisotopic (exact) mass is 417 g/mol. The van der Waals surface area contributed by atoms with Gasteiger partial charge < -0.3 is 18.9 Å². The summed E-state index contributed by atoms with van der Waals surface area (Å²) in [6, 6.07) is 0. The molecule has 10 heteroatoms. The van der Waals surface area contributed by atoms with Crippen molar-refractivity contribution in [2.75, 3.05) is 19.1 Å². The Balaban J connectivity index is 3.46. The fourth-order valence-electron chi connectivity index (χ4n) is 2.04. The quantitative estimate of drug-likeness (QED) is 0.524. The number of amides is 2. The third-order valence-electron chi connectivity index (χ3n) is 3.13. The molecule has 1 aromatic heterocycles. The van der Waals surface area contributed by atoms with Gasteiger partial charge in [0.2, 0.25) is 0 Å². The molecule has 0 fully saturated rings. The number of ether oxygens (including phenoxy) is 4. The van der Waals surface area contributed by atoms with E-state index in [-0.39, 0.29) is 23.0 Å². The van der Waals surface area contributed by atoms with Crippen molar-refractivity contribution < 1.29 is 28.5 Å². The number of imide groups is 1. The molecule has 0 saturated heterocycles. The van der Waals surface area contributed by atoms with Crippen LogP contribution in [-0.2, 0) is 25.4 Å². The summed E-state index contributed by atoms with van der Waals surface area (Å²) in [6.07, 6.45) is -1.38. The molecular weight excluding hydrogens is 390 g/mol. The first kappa shape index (κ1) is 24.1. The lowest BCUT2D eigenvalue weighted by molar-refractivity contribution is -0.100. The van der Waals surface area contributed by atoms with E-state index in [1.807, 2.05) is 0 Å². The van der Waals surface area contributed by atoms with Gasteiger partial charge in [0.1, 0.15) is 22.7 Å². The van der Waals surface area contributed by atoms with Crippen molar-refractivity contribution in [1.29, 1.82) is 0 Å². The number of rotatable bonds is 5. The maximum atomic E-state index is 12.8. The Morgan fingerprint density at radius 2 is 1.46 bits per heavy atom. The Kier molecular flexibility index (Phi) is 8.16. The van der Waals surface area contributed by atoms with Gasteiger partial charge in [-0.2, -0.15) is 4.90 Å².